The Labute approximate surface area is 147 Å². The summed E-state index contributed by atoms with van der Waals surface area (Å²) >= 11 is 0. The zero-order valence-corrected chi connectivity index (χ0v) is 14.8. The maximum Gasteiger partial charge on any atom is 0.326 e. The SMILES string of the molecule is COc1ccc(NC(=O)N2CC(C)Oc3ccc(C)cc32)cc1OC. The van der Waals surface area contributed by atoms with Crippen LogP contribution in [0.5, 0.6) is 17.2 Å². The van der Waals surface area contributed by atoms with E-state index in [4.69, 9.17) is 14.2 Å². The van der Waals surface area contributed by atoms with Crippen molar-refractivity contribution in [2.24, 2.45) is 0 Å². The number of hydrogen-bond acceptors (Lipinski definition) is 4. The van der Waals surface area contributed by atoms with Crippen LogP contribution < -0.4 is 24.4 Å². The molecule has 0 spiro atoms. The van der Waals surface area contributed by atoms with Gasteiger partial charge in [-0.3, -0.25) is 4.90 Å². The van der Waals surface area contributed by atoms with E-state index < -0.39 is 0 Å². The van der Waals surface area contributed by atoms with Crippen molar-refractivity contribution in [2.45, 2.75) is 20.0 Å². The van der Waals surface area contributed by atoms with Gasteiger partial charge in [0.1, 0.15) is 11.9 Å². The summed E-state index contributed by atoms with van der Waals surface area (Å²) < 4.78 is 16.3. The summed E-state index contributed by atoms with van der Waals surface area (Å²) in [7, 11) is 3.14. The summed E-state index contributed by atoms with van der Waals surface area (Å²) in [5.41, 5.74) is 2.48. The molecule has 2 aromatic carbocycles. The van der Waals surface area contributed by atoms with Crippen molar-refractivity contribution in [1.82, 2.24) is 0 Å². The lowest BCUT2D eigenvalue weighted by Crippen LogP contribution is -2.44. The highest BCUT2D eigenvalue weighted by Gasteiger charge is 2.28. The first kappa shape index (κ1) is 17.0. The lowest BCUT2D eigenvalue weighted by molar-refractivity contribution is 0.208. The van der Waals surface area contributed by atoms with Gasteiger partial charge in [0.05, 0.1) is 26.5 Å². The molecule has 2 aromatic rings. The van der Waals surface area contributed by atoms with Crippen molar-refractivity contribution in [2.75, 3.05) is 31.0 Å². The Morgan fingerprint density at radius 1 is 1.16 bits per heavy atom. The number of hydrogen-bond donors (Lipinski definition) is 1. The molecule has 132 valence electrons. The number of ether oxygens (including phenoxy) is 3. The predicted octanol–water partition coefficient (Wildman–Crippen LogP) is 3.83. The number of urea groups is 1. The summed E-state index contributed by atoms with van der Waals surface area (Å²) in [4.78, 5) is 14.5. The molecule has 0 aliphatic carbocycles. The first-order valence-electron chi connectivity index (χ1n) is 8.09. The van der Waals surface area contributed by atoms with Crippen LogP contribution in [0.3, 0.4) is 0 Å². The number of carbonyl (C=O) groups excluding carboxylic acids is 1. The number of aryl methyl sites for hydroxylation is 1. The van der Waals surface area contributed by atoms with Crippen molar-refractivity contribution in [1.29, 1.82) is 0 Å². The van der Waals surface area contributed by atoms with Crippen LogP contribution in [0.2, 0.25) is 0 Å². The number of benzene rings is 2. The maximum absolute atomic E-state index is 12.8. The monoisotopic (exact) mass is 342 g/mol. The lowest BCUT2D eigenvalue weighted by Gasteiger charge is -2.33. The molecule has 2 amide bonds. The zero-order chi connectivity index (χ0) is 18.0. The molecule has 6 heteroatoms. The topological polar surface area (TPSA) is 60.0 Å². The summed E-state index contributed by atoms with van der Waals surface area (Å²) in [6.07, 6.45) is -0.0774. The second-order valence-electron chi connectivity index (χ2n) is 6.01. The van der Waals surface area contributed by atoms with Crippen LogP contribution in [-0.4, -0.2) is 32.9 Å². The summed E-state index contributed by atoms with van der Waals surface area (Å²) in [5.74, 6) is 1.89. The smallest absolute Gasteiger partial charge is 0.326 e. The molecule has 0 radical (unpaired) electrons. The second kappa shape index (κ2) is 6.93. The molecule has 0 aromatic heterocycles. The van der Waals surface area contributed by atoms with E-state index in [0.717, 1.165) is 11.3 Å². The Bertz CT molecular complexity index is 791. The van der Waals surface area contributed by atoms with Gasteiger partial charge in [-0.1, -0.05) is 6.07 Å². The number of fused-ring (bicyclic) bond motifs is 1. The van der Waals surface area contributed by atoms with Crippen LogP contribution in [0, 0.1) is 6.92 Å². The zero-order valence-electron chi connectivity index (χ0n) is 14.8. The van der Waals surface area contributed by atoms with Crippen LogP contribution in [0.4, 0.5) is 16.2 Å². The minimum absolute atomic E-state index is 0.0774. The molecule has 1 aliphatic heterocycles. The Kier molecular flexibility index (Phi) is 4.70. The van der Waals surface area contributed by atoms with E-state index >= 15 is 0 Å². The first-order valence-corrected chi connectivity index (χ1v) is 8.09. The number of nitrogens with zero attached hydrogens (tertiary/aromatic N) is 1. The van der Waals surface area contributed by atoms with Gasteiger partial charge in [0.15, 0.2) is 11.5 Å². The summed E-state index contributed by atoms with van der Waals surface area (Å²) in [6, 6.07) is 10.9. The largest absolute Gasteiger partial charge is 0.493 e. The molecule has 6 nitrogen and oxygen atoms in total. The third-order valence-corrected chi connectivity index (χ3v) is 4.05. The van der Waals surface area contributed by atoms with E-state index in [1.54, 1.807) is 37.3 Å². The van der Waals surface area contributed by atoms with Crippen molar-refractivity contribution in [3.05, 3.63) is 42.0 Å². The molecule has 1 aliphatic rings. The van der Waals surface area contributed by atoms with Crippen LogP contribution in [-0.2, 0) is 0 Å². The number of nitrogens with one attached hydrogen (secondary N) is 1. The van der Waals surface area contributed by atoms with Gasteiger partial charge in [-0.2, -0.15) is 0 Å². The van der Waals surface area contributed by atoms with Crippen LogP contribution in [0.1, 0.15) is 12.5 Å². The normalized spacial score (nSPS) is 15.8. The van der Waals surface area contributed by atoms with Crippen molar-refractivity contribution >= 4 is 17.4 Å². The quantitative estimate of drug-likeness (QED) is 0.921. The third kappa shape index (κ3) is 3.47. The van der Waals surface area contributed by atoms with Gasteiger partial charge in [-0.15, -0.1) is 0 Å². The predicted molar refractivity (Wildman–Crippen MR) is 97.2 cm³/mol. The molecule has 3 rings (SSSR count). The molecule has 0 saturated heterocycles. The number of anilines is 2. The molecular formula is C19H22N2O4. The minimum Gasteiger partial charge on any atom is -0.493 e. The van der Waals surface area contributed by atoms with Gasteiger partial charge in [-0.05, 0) is 43.7 Å². The highest BCUT2D eigenvalue weighted by atomic mass is 16.5. The van der Waals surface area contributed by atoms with Gasteiger partial charge >= 0.3 is 6.03 Å². The molecule has 1 unspecified atom stereocenters. The highest BCUT2D eigenvalue weighted by molar-refractivity contribution is 6.03. The Morgan fingerprint density at radius 3 is 2.64 bits per heavy atom. The third-order valence-electron chi connectivity index (χ3n) is 4.05. The van der Waals surface area contributed by atoms with Gasteiger partial charge in [-0.25, -0.2) is 4.79 Å². The van der Waals surface area contributed by atoms with E-state index in [0.29, 0.717) is 29.5 Å². The second-order valence-corrected chi connectivity index (χ2v) is 6.01. The Hall–Kier alpha value is -2.89. The number of amides is 2. The van der Waals surface area contributed by atoms with Gasteiger partial charge in [0.2, 0.25) is 0 Å². The summed E-state index contributed by atoms with van der Waals surface area (Å²) in [6.45, 7) is 4.41. The van der Waals surface area contributed by atoms with Crippen LogP contribution in [0.25, 0.3) is 0 Å². The molecular weight excluding hydrogens is 320 g/mol. The summed E-state index contributed by atoms with van der Waals surface area (Å²) in [5, 5.41) is 2.91. The average Bonchev–Trinajstić information content (AvgIpc) is 2.61. The van der Waals surface area contributed by atoms with E-state index in [1.807, 2.05) is 32.0 Å². The molecule has 1 atom stereocenters. The van der Waals surface area contributed by atoms with E-state index in [2.05, 4.69) is 5.32 Å². The van der Waals surface area contributed by atoms with E-state index in [9.17, 15) is 4.79 Å². The van der Waals surface area contributed by atoms with Crippen molar-refractivity contribution < 1.29 is 19.0 Å². The van der Waals surface area contributed by atoms with Crippen molar-refractivity contribution in [3.63, 3.8) is 0 Å². The van der Waals surface area contributed by atoms with Crippen LogP contribution in [0.15, 0.2) is 36.4 Å². The first-order chi connectivity index (χ1) is 12.0. The molecule has 25 heavy (non-hydrogen) atoms. The highest BCUT2D eigenvalue weighted by Crippen LogP contribution is 2.35. The molecule has 0 bridgehead atoms. The Morgan fingerprint density at radius 2 is 1.92 bits per heavy atom. The van der Waals surface area contributed by atoms with Gasteiger partial charge in [0.25, 0.3) is 0 Å². The lowest BCUT2D eigenvalue weighted by atomic mass is 10.1. The molecule has 1 heterocycles. The van der Waals surface area contributed by atoms with E-state index in [1.165, 1.54) is 0 Å². The molecule has 0 saturated carbocycles. The van der Waals surface area contributed by atoms with Gasteiger partial charge in [0, 0.05) is 11.8 Å². The van der Waals surface area contributed by atoms with E-state index in [-0.39, 0.29) is 12.1 Å². The number of methoxy groups -OCH3 is 2. The number of rotatable bonds is 3. The molecule has 1 N–H and O–H groups in total. The fourth-order valence-corrected chi connectivity index (χ4v) is 2.84. The van der Waals surface area contributed by atoms with Crippen LogP contribution >= 0.6 is 0 Å². The number of carbonyl (C=O) groups is 1. The maximum atomic E-state index is 12.8. The fourth-order valence-electron chi connectivity index (χ4n) is 2.84. The Balaban J connectivity index is 1.86. The van der Waals surface area contributed by atoms with Crippen molar-refractivity contribution in [3.8, 4) is 17.2 Å². The molecule has 0 fully saturated rings. The average molecular weight is 342 g/mol. The van der Waals surface area contributed by atoms with Gasteiger partial charge < -0.3 is 19.5 Å². The fraction of sp³-hybridized carbons (Fsp3) is 0.316. The standard InChI is InChI=1S/C19H22N2O4/c1-12-5-7-16-15(9-12)21(11-13(2)25-16)19(22)20-14-6-8-17(23-3)18(10-14)24-4/h5-10,13H,11H2,1-4H3,(H,20,22). The minimum atomic E-state index is -0.214.